The van der Waals surface area contributed by atoms with Gasteiger partial charge in [0.15, 0.2) is 5.82 Å². The van der Waals surface area contributed by atoms with Crippen molar-refractivity contribution in [2.24, 2.45) is 7.05 Å². The monoisotopic (exact) mass is 255 g/mol. The summed E-state index contributed by atoms with van der Waals surface area (Å²) in [7, 11) is 1.85. The first-order valence-electron chi connectivity index (χ1n) is 5.99. The molecule has 0 amide bonds. The second kappa shape index (κ2) is 4.97. The zero-order valence-electron chi connectivity index (χ0n) is 10.5. The summed E-state index contributed by atoms with van der Waals surface area (Å²) in [4.78, 5) is 8.53. The number of benzene rings is 1. The molecule has 19 heavy (non-hydrogen) atoms. The number of aromatic nitrogens is 6. The Hall–Kier alpha value is -2.57. The molecule has 0 aliphatic rings. The Balaban J connectivity index is 1.65. The van der Waals surface area contributed by atoms with E-state index in [1.165, 1.54) is 0 Å². The van der Waals surface area contributed by atoms with Crippen molar-refractivity contribution in [2.45, 2.75) is 6.42 Å². The molecule has 0 aliphatic heterocycles. The van der Waals surface area contributed by atoms with Crippen molar-refractivity contribution in [3.63, 3.8) is 0 Å². The van der Waals surface area contributed by atoms with Gasteiger partial charge < -0.3 is 5.32 Å². The van der Waals surface area contributed by atoms with Crippen LogP contribution in [0.3, 0.4) is 0 Å². The van der Waals surface area contributed by atoms with Gasteiger partial charge in [-0.15, -0.1) is 10.2 Å². The third-order valence-electron chi connectivity index (χ3n) is 2.64. The maximum atomic E-state index is 4.38. The fourth-order valence-corrected chi connectivity index (χ4v) is 1.74. The molecule has 0 spiro atoms. The molecule has 3 aromatic rings. The van der Waals surface area contributed by atoms with Gasteiger partial charge in [-0.2, -0.15) is 5.10 Å². The van der Waals surface area contributed by atoms with Gasteiger partial charge in [-0.05, 0) is 12.1 Å². The van der Waals surface area contributed by atoms with E-state index in [9.17, 15) is 0 Å². The van der Waals surface area contributed by atoms with Crippen LogP contribution in [0.4, 0.5) is 5.95 Å². The van der Waals surface area contributed by atoms with E-state index in [4.69, 9.17) is 0 Å². The summed E-state index contributed by atoms with van der Waals surface area (Å²) in [6.45, 7) is 0.671. The minimum atomic E-state index is 0.523. The fraction of sp³-hybridized carbons (Fsp3) is 0.250. The zero-order chi connectivity index (χ0) is 13.1. The number of hydrogen-bond donors (Lipinski definition) is 1. The lowest BCUT2D eigenvalue weighted by Gasteiger charge is -2.02. The molecular formula is C12H13N7. The van der Waals surface area contributed by atoms with E-state index in [1.54, 1.807) is 11.0 Å². The molecule has 0 saturated carbocycles. The van der Waals surface area contributed by atoms with E-state index in [-0.39, 0.29) is 0 Å². The largest absolute Gasteiger partial charge is 0.352 e. The van der Waals surface area contributed by atoms with Crippen LogP contribution >= 0.6 is 0 Å². The van der Waals surface area contributed by atoms with Gasteiger partial charge >= 0.3 is 0 Å². The van der Waals surface area contributed by atoms with Gasteiger partial charge in [0.05, 0.1) is 5.52 Å². The highest BCUT2D eigenvalue weighted by Crippen LogP contribution is 2.08. The predicted molar refractivity (Wildman–Crippen MR) is 70.5 cm³/mol. The van der Waals surface area contributed by atoms with Crippen LogP contribution in [-0.2, 0) is 13.5 Å². The predicted octanol–water partition coefficient (Wildman–Crippen LogP) is 0.808. The van der Waals surface area contributed by atoms with Crippen LogP contribution in [0.15, 0.2) is 30.6 Å². The van der Waals surface area contributed by atoms with Crippen LogP contribution in [0.25, 0.3) is 11.0 Å². The molecule has 2 aromatic heterocycles. The second-order valence-electron chi connectivity index (χ2n) is 4.14. The molecule has 0 fully saturated rings. The SMILES string of the molecule is Cn1cnc(CCNc2nnc3ccccc3n2)n1. The lowest BCUT2D eigenvalue weighted by molar-refractivity contribution is 0.741. The maximum Gasteiger partial charge on any atom is 0.243 e. The number of aryl methyl sites for hydroxylation is 1. The number of hydrogen-bond acceptors (Lipinski definition) is 6. The van der Waals surface area contributed by atoms with Crippen molar-refractivity contribution >= 4 is 17.0 Å². The molecule has 0 aliphatic carbocycles. The van der Waals surface area contributed by atoms with Crippen molar-refractivity contribution in [1.82, 2.24) is 29.9 Å². The first kappa shape index (κ1) is 11.5. The average molecular weight is 255 g/mol. The summed E-state index contributed by atoms with van der Waals surface area (Å²) in [6, 6.07) is 7.64. The van der Waals surface area contributed by atoms with E-state index >= 15 is 0 Å². The van der Waals surface area contributed by atoms with E-state index in [0.29, 0.717) is 12.5 Å². The summed E-state index contributed by atoms with van der Waals surface area (Å²) in [6.07, 6.45) is 2.40. The van der Waals surface area contributed by atoms with Gasteiger partial charge in [0, 0.05) is 20.0 Å². The molecule has 0 radical (unpaired) electrons. The number of nitrogens with zero attached hydrogens (tertiary/aromatic N) is 6. The quantitative estimate of drug-likeness (QED) is 0.743. The van der Waals surface area contributed by atoms with E-state index in [0.717, 1.165) is 23.3 Å². The minimum Gasteiger partial charge on any atom is -0.352 e. The van der Waals surface area contributed by atoms with Crippen molar-refractivity contribution in [3.8, 4) is 0 Å². The molecular weight excluding hydrogens is 242 g/mol. The summed E-state index contributed by atoms with van der Waals surface area (Å²) < 4.78 is 1.68. The van der Waals surface area contributed by atoms with Gasteiger partial charge in [-0.25, -0.2) is 9.97 Å². The number of fused-ring (bicyclic) bond motifs is 1. The Morgan fingerprint density at radius 2 is 2.00 bits per heavy atom. The molecule has 7 heteroatoms. The zero-order valence-corrected chi connectivity index (χ0v) is 10.5. The van der Waals surface area contributed by atoms with Crippen LogP contribution < -0.4 is 5.32 Å². The van der Waals surface area contributed by atoms with Gasteiger partial charge in [0.2, 0.25) is 5.95 Å². The summed E-state index contributed by atoms with van der Waals surface area (Å²) in [5, 5.41) is 15.4. The minimum absolute atomic E-state index is 0.523. The molecule has 0 saturated heterocycles. The smallest absolute Gasteiger partial charge is 0.243 e. The van der Waals surface area contributed by atoms with E-state index < -0.39 is 0 Å². The molecule has 96 valence electrons. The van der Waals surface area contributed by atoms with Crippen LogP contribution in [0.1, 0.15) is 5.82 Å². The molecule has 7 nitrogen and oxygen atoms in total. The van der Waals surface area contributed by atoms with Gasteiger partial charge in [0.1, 0.15) is 11.8 Å². The van der Waals surface area contributed by atoms with Crippen LogP contribution in [0, 0.1) is 0 Å². The lowest BCUT2D eigenvalue weighted by atomic mass is 10.3. The van der Waals surface area contributed by atoms with E-state index in [1.807, 2.05) is 31.3 Å². The van der Waals surface area contributed by atoms with Crippen LogP contribution in [0.2, 0.25) is 0 Å². The summed E-state index contributed by atoms with van der Waals surface area (Å²) in [5.41, 5.74) is 1.62. The van der Waals surface area contributed by atoms with Crippen molar-refractivity contribution in [2.75, 3.05) is 11.9 Å². The standard InChI is InChI=1S/C12H13N7/c1-19-8-14-11(18-19)6-7-13-12-15-9-4-2-3-5-10(9)16-17-12/h2-5,8H,6-7H2,1H3,(H,13,15,17). The van der Waals surface area contributed by atoms with Gasteiger partial charge in [0.25, 0.3) is 0 Å². The van der Waals surface area contributed by atoms with Gasteiger partial charge in [-0.3, -0.25) is 4.68 Å². The second-order valence-corrected chi connectivity index (χ2v) is 4.14. The Kier molecular flexibility index (Phi) is 3.01. The Bertz CT molecular complexity index is 691. The number of para-hydroxylation sites is 1. The van der Waals surface area contributed by atoms with Crippen LogP contribution in [-0.4, -0.2) is 36.5 Å². The van der Waals surface area contributed by atoms with Crippen LogP contribution in [0.5, 0.6) is 0 Å². The first-order valence-corrected chi connectivity index (χ1v) is 5.99. The Morgan fingerprint density at radius 3 is 2.79 bits per heavy atom. The molecule has 3 rings (SSSR count). The highest BCUT2D eigenvalue weighted by molar-refractivity contribution is 5.73. The first-order chi connectivity index (χ1) is 9.31. The van der Waals surface area contributed by atoms with E-state index in [2.05, 4.69) is 30.6 Å². The summed E-state index contributed by atoms with van der Waals surface area (Å²) >= 11 is 0. The number of anilines is 1. The maximum absolute atomic E-state index is 4.38. The van der Waals surface area contributed by atoms with Gasteiger partial charge in [-0.1, -0.05) is 12.1 Å². The Morgan fingerprint density at radius 1 is 1.16 bits per heavy atom. The molecule has 2 heterocycles. The normalized spacial score (nSPS) is 10.8. The summed E-state index contributed by atoms with van der Waals surface area (Å²) in [5.74, 6) is 1.32. The number of nitrogens with one attached hydrogen (secondary N) is 1. The topological polar surface area (TPSA) is 81.4 Å². The molecule has 0 bridgehead atoms. The van der Waals surface area contributed by atoms with Crippen molar-refractivity contribution in [1.29, 1.82) is 0 Å². The van der Waals surface area contributed by atoms with Crippen molar-refractivity contribution < 1.29 is 0 Å². The highest BCUT2D eigenvalue weighted by Gasteiger charge is 2.02. The molecule has 0 atom stereocenters. The van der Waals surface area contributed by atoms with Crippen molar-refractivity contribution in [3.05, 3.63) is 36.4 Å². The third-order valence-corrected chi connectivity index (χ3v) is 2.64. The fourth-order valence-electron chi connectivity index (χ4n) is 1.74. The highest BCUT2D eigenvalue weighted by atomic mass is 15.3. The molecule has 1 N–H and O–H groups in total. The third kappa shape index (κ3) is 2.65. The lowest BCUT2D eigenvalue weighted by Crippen LogP contribution is -2.09. The molecule has 1 aromatic carbocycles. The number of rotatable bonds is 4. The molecule has 0 unspecified atom stereocenters. The Labute approximate surface area is 109 Å². The average Bonchev–Trinajstić information content (AvgIpc) is 2.84.